The van der Waals surface area contributed by atoms with Gasteiger partial charge in [0.25, 0.3) is 0 Å². The van der Waals surface area contributed by atoms with E-state index in [9.17, 15) is 4.79 Å². The number of carbonyl (C=O) groups is 1. The molecule has 1 aliphatic rings. The Morgan fingerprint density at radius 1 is 1.70 bits per heavy atom. The molecule has 0 aliphatic carbocycles. The molecule has 1 heterocycles. The molecule has 0 radical (unpaired) electrons. The van der Waals surface area contributed by atoms with E-state index in [2.05, 4.69) is 5.32 Å². The van der Waals surface area contributed by atoms with E-state index in [1.165, 1.54) is 0 Å². The van der Waals surface area contributed by atoms with E-state index < -0.39 is 0 Å². The molecule has 0 bridgehead atoms. The molecular formula is C8H17NO. The molecule has 0 aromatic carbocycles. The van der Waals surface area contributed by atoms with Crippen LogP contribution in [0, 0.1) is 11.8 Å². The second-order valence-corrected chi connectivity index (χ2v) is 3.25. The van der Waals surface area contributed by atoms with Gasteiger partial charge in [-0.2, -0.15) is 0 Å². The Kier molecular flexibility index (Phi) is 2.44. The van der Waals surface area contributed by atoms with Gasteiger partial charge in [0.15, 0.2) is 0 Å². The van der Waals surface area contributed by atoms with Crippen molar-refractivity contribution in [3.63, 3.8) is 0 Å². The molecule has 1 saturated heterocycles. The van der Waals surface area contributed by atoms with E-state index in [4.69, 9.17) is 0 Å². The molecule has 10 heavy (non-hydrogen) atoms. The number of rotatable bonds is 2. The summed E-state index contributed by atoms with van der Waals surface area (Å²) >= 11 is 0. The van der Waals surface area contributed by atoms with Gasteiger partial charge in [-0.15, -0.1) is 0 Å². The molecule has 0 spiro atoms. The van der Waals surface area contributed by atoms with Gasteiger partial charge in [0.05, 0.1) is 0 Å². The molecule has 0 unspecified atom stereocenters. The first-order valence-corrected chi connectivity index (χ1v) is 3.96. The zero-order valence-electron chi connectivity index (χ0n) is 6.68. The van der Waals surface area contributed by atoms with Gasteiger partial charge < -0.3 is 5.32 Å². The van der Waals surface area contributed by atoms with Crippen molar-refractivity contribution >= 4 is 5.78 Å². The van der Waals surface area contributed by atoms with Crippen molar-refractivity contribution in [2.45, 2.75) is 20.3 Å². The Bertz CT molecular complexity index is 130. The quantitative estimate of drug-likeness (QED) is 0.626. The first-order chi connectivity index (χ1) is 4.72. The first kappa shape index (κ1) is 7.73. The Hall–Kier alpha value is -0.370. The summed E-state index contributed by atoms with van der Waals surface area (Å²) in [5, 5.41) is 3.19. The van der Waals surface area contributed by atoms with Gasteiger partial charge in [0, 0.05) is 19.8 Å². The Labute approximate surface area is 63.5 Å². The van der Waals surface area contributed by atoms with Crippen LogP contribution in [0.1, 0.15) is 21.7 Å². The zero-order chi connectivity index (χ0) is 7.56. The second kappa shape index (κ2) is 3.15. The summed E-state index contributed by atoms with van der Waals surface area (Å²) < 4.78 is 0. The SMILES string of the molecule is CC(C)C(=O)[C@H]1CCNC1.[HH]. The maximum absolute atomic E-state index is 11.3. The summed E-state index contributed by atoms with van der Waals surface area (Å²) in [6.07, 6.45) is 1.04. The standard InChI is InChI=1S/C8H15NO.H2/c1-6(2)8(10)7-3-4-9-5-7;/h6-7,9H,3-5H2,1-2H3;1H/t7-;/m0./s1. The molecule has 1 aliphatic heterocycles. The average molecular weight is 143 g/mol. The van der Waals surface area contributed by atoms with Crippen LogP contribution in [0.5, 0.6) is 0 Å². The van der Waals surface area contributed by atoms with Crippen molar-refractivity contribution in [2.24, 2.45) is 11.8 Å². The van der Waals surface area contributed by atoms with Gasteiger partial charge in [-0.25, -0.2) is 0 Å². The molecule has 1 atom stereocenters. The van der Waals surface area contributed by atoms with Gasteiger partial charge in [-0.3, -0.25) is 4.79 Å². The largest absolute Gasteiger partial charge is 0.316 e. The van der Waals surface area contributed by atoms with Crippen LogP contribution in [0.2, 0.25) is 0 Å². The van der Waals surface area contributed by atoms with E-state index >= 15 is 0 Å². The highest BCUT2D eigenvalue weighted by molar-refractivity contribution is 5.83. The molecule has 0 aromatic rings. The van der Waals surface area contributed by atoms with Crippen LogP contribution in [-0.4, -0.2) is 18.9 Å². The summed E-state index contributed by atoms with van der Waals surface area (Å²) in [6.45, 7) is 5.86. The highest BCUT2D eigenvalue weighted by Gasteiger charge is 2.23. The molecule has 0 saturated carbocycles. The smallest absolute Gasteiger partial charge is 0.139 e. The van der Waals surface area contributed by atoms with Crippen LogP contribution in [0.25, 0.3) is 0 Å². The van der Waals surface area contributed by atoms with Crippen molar-refractivity contribution in [1.82, 2.24) is 5.32 Å². The van der Waals surface area contributed by atoms with Crippen LogP contribution in [0.4, 0.5) is 0 Å². The summed E-state index contributed by atoms with van der Waals surface area (Å²) in [5.74, 6) is 0.940. The van der Waals surface area contributed by atoms with Gasteiger partial charge in [0.1, 0.15) is 5.78 Å². The third kappa shape index (κ3) is 1.57. The fourth-order valence-corrected chi connectivity index (χ4v) is 1.37. The third-order valence-electron chi connectivity index (χ3n) is 2.03. The fourth-order valence-electron chi connectivity index (χ4n) is 1.37. The van der Waals surface area contributed by atoms with Crippen LogP contribution >= 0.6 is 0 Å². The minimum absolute atomic E-state index is 0. The van der Waals surface area contributed by atoms with Gasteiger partial charge in [-0.05, 0) is 13.0 Å². The Morgan fingerprint density at radius 3 is 2.80 bits per heavy atom. The molecule has 1 rings (SSSR count). The lowest BCUT2D eigenvalue weighted by atomic mass is 9.95. The van der Waals surface area contributed by atoms with Crippen molar-refractivity contribution in [2.75, 3.05) is 13.1 Å². The first-order valence-electron chi connectivity index (χ1n) is 3.96. The highest BCUT2D eigenvalue weighted by atomic mass is 16.1. The molecule has 0 aromatic heterocycles. The van der Waals surface area contributed by atoms with Crippen molar-refractivity contribution in [3.05, 3.63) is 0 Å². The van der Waals surface area contributed by atoms with E-state index in [-0.39, 0.29) is 7.34 Å². The van der Waals surface area contributed by atoms with E-state index in [1.807, 2.05) is 13.8 Å². The maximum Gasteiger partial charge on any atom is 0.139 e. The van der Waals surface area contributed by atoms with Crippen molar-refractivity contribution in [1.29, 1.82) is 0 Å². The lowest BCUT2D eigenvalue weighted by molar-refractivity contribution is -0.125. The second-order valence-electron chi connectivity index (χ2n) is 3.25. The Morgan fingerprint density at radius 2 is 2.40 bits per heavy atom. The number of Topliss-reactive ketones (excluding diaryl/α,β-unsaturated/α-hetero) is 1. The van der Waals surface area contributed by atoms with E-state index in [0.29, 0.717) is 11.7 Å². The fraction of sp³-hybridized carbons (Fsp3) is 0.875. The van der Waals surface area contributed by atoms with Gasteiger partial charge >= 0.3 is 0 Å². The topological polar surface area (TPSA) is 29.1 Å². The number of hydrogen-bond donors (Lipinski definition) is 1. The van der Waals surface area contributed by atoms with Gasteiger partial charge in [0.2, 0.25) is 0 Å². The molecule has 2 nitrogen and oxygen atoms in total. The summed E-state index contributed by atoms with van der Waals surface area (Å²) in [4.78, 5) is 11.3. The molecule has 1 N–H and O–H groups in total. The average Bonchev–Trinajstić information content (AvgIpc) is 2.36. The van der Waals surface area contributed by atoms with Crippen molar-refractivity contribution in [3.8, 4) is 0 Å². The van der Waals surface area contributed by atoms with Crippen LogP contribution in [0.3, 0.4) is 0 Å². The summed E-state index contributed by atoms with van der Waals surface area (Å²) in [7, 11) is 0. The van der Waals surface area contributed by atoms with Crippen LogP contribution < -0.4 is 5.32 Å². The maximum atomic E-state index is 11.3. The zero-order valence-corrected chi connectivity index (χ0v) is 6.68. The number of carbonyl (C=O) groups excluding carboxylic acids is 1. The summed E-state index contributed by atoms with van der Waals surface area (Å²) in [6, 6.07) is 0. The molecule has 0 amide bonds. The number of ketones is 1. The predicted molar refractivity (Wildman–Crippen MR) is 42.9 cm³/mol. The molecular weight excluding hydrogens is 126 g/mol. The lowest BCUT2D eigenvalue weighted by Gasteiger charge is -2.08. The third-order valence-corrected chi connectivity index (χ3v) is 2.03. The predicted octanol–water partition coefficient (Wildman–Crippen LogP) is 1.07. The minimum Gasteiger partial charge on any atom is -0.316 e. The Balaban J connectivity index is 0.000001000. The highest BCUT2D eigenvalue weighted by Crippen LogP contribution is 2.13. The van der Waals surface area contributed by atoms with E-state index in [1.54, 1.807) is 0 Å². The monoisotopic (exact) mass is 143 g/mol. The minimum atomic E-state index is 0. The van der Waals surface area contributed by atoms with E-state index in [0.717, 1.165) is 19.5 Å². The number of nitrogens with one attached hydrogen (secondary N) is 1. The number of hydrogen-bond acceptors (Lipinski definition) is 2. The lowest BCUT2D eigenvalue weighted by Crippen LogP contribution is -2.21. The normalized spacial score (nSPS) is 25.7. The summed E-state index contributed by atoms with van der Waals surface area (Å²) in [5.41, 5.74) is 0. The molecule has 60 valence electrons. The van der Waals surface area contributed by atoms with Crippen LogP contribution in [-0.2, 0) is 4.79 Å². The van der Waals surface area contributed by atoms with Crippen molar-refractivity contribution < 1.29 is 6.22 Å². The molecule has 2 heteroatoms. The molecule has 1 fully saturated rings. The van der Waals surface area contributed by atoms with Crippen LogP contribution in [0.15, 0.2) is 0 Å². The van der Waals surface area contributed by atoms with Gasteiger partial charge in [-0.1, -0.05) is 13.8 Å².